The van der Waals surface area contributed by atoms with E-state index in [0.29, 0.717) is 0 Å². The minimum Gasteiger partial charge on any atom is -0.496 e. The van der Waals surface area contributed by atoms with Gasteiger partial charge < -0.3 is 10.1 Å². The summed E-state index contributed by atoms with van der Waals surface area (Å²) in [6.45, 7) is 6.21. The maximum atomic E-state index is 6.27. The number of aryl methyl sites for hydroxylation is 2. The standard InChI is InChI=1S/C17H20ClNO/c1-11-6-8-17(20-4)14(9-11)13(3)19-16-7-5-12(2)10-15(16)18/h5-10,13,19H,1-4H3. The molecule has 2 nitrogen and oxygen atoms in total. The Morgan fingerprint density at radius 3 is 2.35 bits per heavy atom. The van der Waals surface area contributed by atoms with Gasteiger partial charge in [0, 0.05) is 5.56 Å². The highest BCUT2D eigenvalue weighted by Crippen LogP contribution is 2.31. The van der Waals surface area contributed by atoms with Gasteiger partial charge in [0.25, 0.3) is 0 Å². The van der Waals surface area contributed by atoms with Crippen LogP contribution in [0.15, 0.2) is 36.4 Å². The molecular formula is C17H20ClNO. The van der Waals surface area contributed by atoms with E-state index >= 15 is 0 Å². The Kier molecular flexibility index (Phi) is 4.56. The van der Waals surface area contributed by atoms with Gasteiger partial charge in [0.1, 0.15) is 5.75 Å². The van der Waals surface area contributed by atoms with Gasteiger partial charge in [-0.1, -0.05) is 35.4 Å². The molecule has 0 aliphatic heterocycles. The summed E-state index contributed by atoms with van der Waals surface area (Å²) in [4.78, 5) is 0. The molecule has 0 heterocycles. The third-order valence-electron chi connectivity index (χ3n) is 3.35. The first kappa shape index (κ1) is 14.7. The minimum absolute atomic E-state index is 0.116. The largest absolute Gasteiger partial charge is 0.496 e. The molecule has 2 aromatic rings. The lowest BCUT2D eigenvalue weighted by Crippen LogP contribution is -2.09. The smallest absolute Gasteiger partial charge is 0.124 e. The quantitative estimate of drug-likeness (QED) is 0.841. The molecule has 0 spiro atoms. The van der Waals surface area contributed by atoms with Gasteiger partial charge in [-0.3, -0.25) is 0 Å². The van der Waals surface area contributed by atoms with E-state index in [1.165, 1.54) is 5.56 Å². The van der Waals surface area contributed by atoms with Gasteiger partial charge in [0.2, 0.25) is 0 Å². The number of halogens is 1. The van der Waals surface area contributed by atoms with E-state index in [4.69, 9.17) is 16.3 Å². The predicted octanol–water partition coefficient (Wildman–Crippen LogP) is 5.14. The van der Waals surface area contributed by atoms with Crippen molar-refractivity contribution < 1.29 is 4.74 Å². The molecule has 1 unspecified atom stereocenters. The number of methoxy groups -OCH3 is 1. The topological polar surface area (TPSA) is 21.3 Å². The molecule has 0 radical (unpaired) electrons. The van der Waals surface area contributed by atoms with Gasteiger partial charge in [-0.25, -0.2) is 0 Å². The van der Waals surface area contributed by atoms with Gasteiger partial charge in [0.05, 0.1) is 23.9 Å². The van der Waals surface area contributed by atoms with Crippen molar-refractivity contribution in [3.8, 4) is 5.75 Å². The normalized spacial score (nSPS) is 12.1. The summed E-state index contributed by atoms with van der Waals surface area (Å²) in [5, 5.41) is 4.18. The van der Waals surface area contributed by atoms with Crippen LogP contribution < -0.4 is 10.1 Å². The van der Waals surface area contributed by atoms with Crippen LogP contribution in [0.4, 0.5) is 5.69 Å². The number of rotatable bonds is 4. The van der Waals surface area contributed by atoms with Gasteiger partial charge >= 0.3 is 0 Å². The zero-order valence-corrected chi connectivity index (χ0v) is 13.1. The molecular weight excluding hydrogens is 270 g/mol. The summed E-state index contributed by atoms with van der Waals surface area (Å²) < 4.78 is 5.44. The SMILES string of the molecule is COc1ccc(C)cc1C(C)Nc1ccc(C)cc1Cl. The zero-order valence-electron chi connectivity index (χ0n) is 12.3. The van der Waals surface area contributed by atoms with Crippen molar-refractivity contribution in [1.29, 1.82) is 0 Å². The van der Waals surface area contributed by atoms with Gasteiger partial charge in [-0.15, -0.1) is 0 Å². The van der Waals surface area contributed by atoms with Crippen molar-refractivity contribution in [1.82, 2.24) is 0 Å². The first-order valence-corrected chi connectivity index (χ1v) is 7.06. The first-order valence-electron chi connectivity index (χ1n) is 6.68. The molecule has 0 fully saturated rings. The second kappa shape index (κ2) is 6.19. The Morgan fingerprint density at radius 1 is 1.05 bits per heavy atom. The lowest BCUT2D eigenvalue weighted by atomic mass is 10.0. The molecule has 0 amide bonds. The number of anilines is 1. The van der Waals surface area contributed by atoms with Crippen LogP contribution in [-0.4, -0.2) is 7.11 Å². The van der Waals surface area contributed by atoms with Crippen LogP contribution in [0.2, 0.25) is 5.02 Å². The Hall–Kier alpha value is -1.67. The van der Waals surface area contributed by atoms with Crippen molar-refractivity contribution in [2.45, 2.75) is 26.8 Å². The first-order chi connectivity index (χ1) is 9.51. The lowest BCUT2D eigenvalue weighted by Gasteiger charge is -2.20. The van der Waals surface area contributed by atoms with Crippen molar-refractivity contribution in [3.63, 3.8) is 0 Å². The van der Waals surface area contributed by atoms with E-state index in [9.17, 15) is 0 Å². The van der Waals surface area contributed by atoms with Crippen LogP contribution in [0.5, 0.6) is 5.75 Å². The van der Waals surface area contributed by atoms with E-state index < -0.39 is 0 Å². The maximum absolute atomic E-state index is 6.27. The number of hydrogen-bond acceptors (Lipinski definition) is 2. The Bertz CT molecular complexity index is 610. The molecule has 0 saturated heterocycles. The molecule has 2 aromatic carbocycles. The zero-order chi connectivity index (χ0) is 14.7. The molecule has 0 aliphatic rings. The van der Waals surface area contributed by atoms with E-state index in [1.54, 1.807) is 7.11 Å². The summed E-state index contributed by atoms with van der Waals surface area (Å²) in [5.74, 6) is 0.888. The highest BCUT2D eigenvalue weighted by atomic mass is 35.5. The van der Waals surface area contributed by atoms with Crippen molar-refractivity contribution >= 4 is 17.3 Å². The van der Waals surface area contributed by atoms with E-state index in [-0.39, 0.29) is 6.04 Å². The fourth-order valence-electron chi connectivity index (χ4n) is 2.24. The Balaban J connectivity index is 2.27. The third kappa shape index (κ3) is 3.26. The number of ether oxygens (including phenoxy) is 1. The van der Waals surface area contributed by atoms with E-state index in [1.807, 2.05) is 31.2 Å². The molecule has 0 bridgehead atoms. The molecule has 0 saturated carbocycles. The number of benzene rings is 2. The van der Waals surface area contributed by atoms with E-state index in [2.05, 4.69) is 31.3 Å². The molecule has 3 heteroatoms. The average Bonchev–Trinajstić information content (AvgIpc) is 2.41. The second-order valence-electron chi connectivity index (χ2n) is 5.09. The van der Waals surface area contributed by atoms with Crippen molar-refractivity contribution in [3.05, 3.63) is 58.1 Å². The summed E-state index contributed by atoms with van der Waals surface area (Å²) >= 11 is 6.27. The maximum Gasteiger partial charge on any atom is 0.124 e. The van der Waals surface area contributed by atoms with E-state index in [0.717, 1.165) is 27.6 Å². The molecule has 106 valence electrons. The summed E-state index contributed by atoms with van der Waals surface area (Å²) in [6, 6.07) is 12.3. The number of hydrogen-bond donors (Lipinski definition) is 1. The van der Waals surface area contributed by atoms with Crippen LogP contribution in [0.3, 0.4) is 0 Å². The molecule has 0 aromatic heterocycles. The molecule has 0 aliphatic carbocycles. The lowest BCUT2D eigenvalue weighted by molar-refractivity contribution is 0.408. The van der Waals surface area contributed by atoms with Crippen molar-refractivity contribution in [2.75, 3.05) is 12.4 Å². The summed E-state index contributed by atoms with van der Waals surface area (Å²) in [7, 11) is 1.69. The van der Waals surface area contributed by atoms with Crippen LogP contribution in [0.25, 0.3) is 0 Å². The van der Waals surface area contributed by atoms with Crippen LogP contribution in [0, 0.1) is 13.8 Å². The second-order valence-corrected chi connectivity index (χ2v) is 5.50. The third-order valence-corrected chi connectivity index (χ3v) is 3.66. The molecule has 1 N–H and O–H groups in total. The molecule has 20 heavy (non-hydrogen) atoms. The summed E-state index contributed by atoms with van der Waals surface area (Å²) in [5.41, 5.74) is 4.43. The highest BCUT2D eigenvalue weighted by Gasteiger charge is 2.13. The van der Waals surface area contributed by atoms with Gasteiger partial charge in [-0.2, -0.15) is 0 Å². The molecule has 2 rings (SSSR count). The van der Waals surface area contributed by atoms with Crippen LogP contribution in [0.1, 0.15) is 29.7 Å². The minimum atomic E-state index is 0.116. The van der Waals surface area contributed by atoms with Crippen LogP contribution >= 0.6 is 11.6 Å². The highest BCUT2D eigenvalue weighted by molar-refractivity contribution is 6.33. The van der Waals surface area contributed by atoms with Crippen LogP contribution in [-0.2, 0) is 0 Å². The average molecular weight is 290 g/mol. The fraction of sp³-hybridized carbons (Fsp3) is 0.294. The predicted molar refractivity (Wildman–Crippen MR) is 86.0 cm³/mol. The number of nitrogens with one attached hydrogen (secondary N) is 1. The molecule has 1 atom stereocenters. The van der Waals surface area contributed by atoms with Gasteiger partial charge in [-0.05, 0) is 44.5 Å². The Labute approximate surface area is 125 Å². The van der Waals surface area contributed by atoms with Crippen molar-refractivity contribution in [2.24, 2.45) is 0 Å². The fourth-order valence-corrected chi connectivity index (χ4v) is 2.53. The van der Waals surface area contributed by atoms with Gasteiger partial charge in [0.15, 0.2) is 0 Å². The monoisotopic (exact) mass is 289 g/mol. The summed E-state index contributed by atoms with van der Waals surface area (Å²) in [6.07, 6.45) is 0. The Morgan fingerprint density at radius 2 is 1.70 bits per heavy atom.